The molecule has 1 saturated carbocycles. The Morgan fingerprint density at radius 1 is 1.78 bits per heavy atom. The van der Waals surface area contributed by atoms with E-state index in [1.807, 2.05) is 0 Å². The lowest BCUT2D eigenvalue weighted by atomic mass is 10.2. The third-order valence-electron chi connectivity index (χ3n) is 1.53. The molecule has 9 heavy (non-hydrogen) atoms. The third-order valence-corrected chi connectivity index (χ3v) is 1.53. The highest BCUT2D eigenvalue weighted by Crippen LogP contribution is 2.34. The van der Waals surface area contributed by atoms with Crippen LogP contribution in [-0.4, -0.2) is 19.1 Å². The predicted molar refractivity (Wildman–Crippen MR) is 31.7 cm³/mol. The zero-order chi connectivity index (χ0) is 6.85. The lowest BCUT2D eigenvalue weighted by Gasteiger charge is -2.01. The summed E-state index contributed by atoms with van der Waals surface area (Å²) in [6.45, 7) is 0. The van der Waals surface area contributed by atoms with Gasteiger partial charge in [0.2, 0.25) is 0 Å². The van der Waals surface area contributed by atoms with Crippen molar-refractivity contribution in [2.45, 2.75) is 19.0 Å². The van der Waals surface area contributed by atoms with Gasteiger partial charge in [-0.2, -0.15) is 0 Å². The minimum Gasteiger partial charge on any atom is -0.357 e. The lowest BCUT2D eigenvalue weighted by molar-refractivity contribution is -0.126. The van der Waals surface area contributed by atoms with Crippen molar-refractivity contribution in [3.8, 4) is 0 Å². The molecule has 1 fully saturated rings. The van der Waals surface area contributed by atoms with Gasteiger partial charge >= 0.3 is 0 Å². The summed E-state index contributed by atoms with van der Waals surface area (Å²) in [4.78, 5) is 10.5. The molecule has 0 heterocycles. The Labute approximate surface area is 53.4 Å². The zero-order valence-electron chi connectivity index (χ0n) is 5.36. The van der Waals surface area contributed by atoms with Gasteiger partial charge in [0.05, 0.1) is 0 Å². The summed E-state index contributed by atoms with van der Waals surface area (Å²) in [5.74, 6) is -0.456. The summed E-state index contributed by atoms with van der Waals surface area (Å²) in [6.07, 6.45) is 0.485. The summed E-state index contributed by atoms with van der Waals surface area (Å²) >= 11 is 0. The van der Waals surface area contributed by atoms with E-state index in [-0.39, 0.29) is 5.92 Å². The summed E-state index contributed by atoms with van der Waals surface area (Å²) in [5, 5.41) is 2.27. The van der Waals surface area contributed by atoms with Crippen LogP contribution in [0.15, 0.2) is 0 Å². The first-order chi connectivity index (χ1) is 4.25. The van der Waals surface area contributed by atoms with Crippen molar-refractivity contribution in [1.82, 2.24) is 5.32 Å². The van der Waals surface area contributed by atoms with Crippen molar-refractivity contribution in [2.24, 2.45) is 5.92 Å². The molecule has 0 radical (unpaired) electrons. The average molecular weight is 131 g/mol. The molecule has 2 nitrogen and oxygen atoms in total. The highest BCUT2D eigenvalue weighted by Gasteiger charge is 2.35. The average Bonchev–Trinajstić information content (AvgIpc) is 2.66. The van der Waals surface area contributed by atoms with E-state index in [4.69, 9.17) is 0 Å². The Bertz CT molecular complexity index is 122. The monoisotopic (exact) mass is 131 g/mol. The van der Waals surface area contributed by atoms with E-state index >= 15 is 0 Å². The van der Waals surface area contributed by atoms with Crippen molar-refractivity contribution in [2.75, 3.05) is 7.05 Å². The van der Waals surface area contributed by atoms with Crippen molar-refractivity contribution in [3.05, 3.63) is 0 Å². The van der Waals surface area contributed by atoms with Crippen LogP contribution in [0.1, 0.15) is 12.8 Å². The fourth-order valence-corrected chi connectivity index (χ4v) is 0.741. The minimum atomic E-state index is -1.25. The van der Waals surface area contributed by atoms with E-state index in [0.717, 1.165) is 12.8 Å². The third kappa shape index (κ3) is 1.40. The predicted octanol–water partition coefficient (Wildman–Crippen LogP) is 0.480. The Morgan fingerprint density at radius 2 is 2.33 bits per heavy atom. The number of nitrogens with one attached hydrogen (secondary N) is 1. The SMILES string of the molecule is CNC(=O)[C@H](F)C1CC1. The smallest absolute Gasteiger partial charge is 0.254 e. The molecule has 1 amide bonds. The summed E-state index contributed by atoms with van der Waals surface area (Å²) in [5.41, 5.74) is 0. The normalized spacial score (nSPS) is 21.1. The van der Waals surface area contributed by atoms with Gasteiger partial charge in [-0.05, 0) is 18.8 Å². The van der Waals surface area contributed by atoms with Crippen LogP contribution >= 0.6 is 0 Å². The van der Waals surface area contributed by atoms with Crippen LogP contribution in [0.4, 0.5) is 4.39 Å². The van der Waals surface area contributed by atoms with Crippen molar-refractivity contribution in [3.63, 3.8) is 0 Å². The second-order valence-electron chi connectivity index (χ2n) is 2.35. The number of amides is 1. The largest absolute Gasteiger partial charge is 0.357 e. The molecule has 1 rings (SSSR count). The quantitative estimate of drug-likeness (QED) is 0.580. The molecule has 0 spiro atoms. The summed E-state index contributed by atoms with van der Waals surface area (Å²) in [7, 11) is 1.46. The van der Waals surface area contributed by atoms with Gasteiger partial charge in [0.1, 0.15) is 0 Å². The molecule has 1 atom stereocenters. The molecule has 1 aliphatic carbocycles. The van der Waals surface area contributed by atoms with E-state index in [2.05, 4.69) is 5.32 Å². The molecule has 3 heteroatoms. The van der Waals surface area contributed by atoms with Crippen LogP contribution in [0, 0.1) is 5.92 Å². The van der Waals surface area contributed by atoms with E-state index in [1.54, 1.807) is 0 Å². The lowest BCUT2D eigenvalue weighted by Crippen LogP contribution is -2.29. The number of carbonyl (C=O) groups excluding carboxylic acids is 1. The Morgan fingerprint density at radius 3 is 2.67 bits per heavy atom. The molecule has 52 valence electrons. The van der Waals surface area contributed by atoms with Gasteiger partial charge in [0, 0.05) is 7.05 Å². The van der Waals surface area contributed by atoms with Crippen LogP contribution < -0.4 is 5.32 Å². The van der Waals surface area contributed by atoms with E-state index < -0.39 is 12.1 Å². The number of hydrogen-bond acceptors (Lipinski definition) is 1. The maximum absolute atomic E-state index is 12.6. The number of halogens is 1. The molecular formula is C6H10FNO. The van der Waals surface area contributed by atoms with E-state index in [1.165, 1.54) is 7.05 Å². The maximum atomic E-state index is 12.6. The first-order valence-electron chi connectivity index (χ1n) is 3.11. The van der Waals surface area contributed by atoms with Gasteiger partial charge in [-0.15, -0.1) is 0 Å². The summed E-state index contributed by atoms with van der Waals surface area (Å²) in [6, 6.07) is 0. The maximum Gasteiger partial charge on any atom is 0.254 e. The Kier molecular flexibility index (Phi) is 1.69. The van der Waals surface area contributed by atoms with Gasteiger partial charge in [-0.3, -0.25) is 4.79 Å². The van der Waals surface area contributed by atoms with Crippen molar-refractivity contribution < 1.29 is 9.18 Å². The fourth-order valence-electron chi connectivity index (χ4n) is 0.741. The second-order valence-corrected chi connectivity index (χ2v) is 2.35. The Balaban J connectivity index is 2.30. The first kappa shape index (κ1) is 6.52. The van der Waals surface area contributed by atoms with E-state index in [0.29, 0.717) is 0 Å². The standard InChI is InChI=1S/C6H10FNO/c1-8-6(9)5(7)4-2-3-4/h4-5H,2-3H2,1H3,(H,8,9)/t5-/m1/s1. The molecule has 0 aliphatic heterocycles. The molecule has 0 saturated heterocycles. The van der Waals surface area contributed by atoms with Crippen LogP contribution in [0.5, 0.6) is 0 Å². The molecule has 1 aliphatic rings. The zero-order valence-corrected chi connectivity index (χ0v) is 5.36. The van der Waals surface area contributed by atoms with Gasteiger partial charge in [-0.1, -0.05) is 0 Å². The number of rotatable bonds is 2. The van der Waals surface area contributed by atoms with Crippen LogP contribution in [0.3, 0.4) is 0 Å². The van der Waals surface area contributed by atoms with Crippen LogP contribution in [-0.2, 0) is 4.79 Å². The van der Waals surface area contributed by atoms with Gasteiger partial charge in [0.25, 0.3) is 5.91 Å². The highest BCUT2D eigenvalue weighted by molar-refractivity contribution is 5.80. The van der Waals surface area contributed by atoms with Gasteiger partial charge in [-0.25, -0.2) is 4.39 Å². The molecule has 0 unspecified atom stereocenters. The van der Waals surface area contributed by atoms with Crippen molar-refractivity contribution in [1.29, 1.82) is 0 Å². The van der Waals surface area contributed by atoms with Gasteiger partial charge in [0.15, 0.2) is 6.17 Å². The number of alkyl halides is 1. The van der Waals surface area contributed by atoms with Crippen LogP contribution in [0.25, 0.3) is 0 Å². The molecule has 0 bridgehead atoms. The number of hydrogen-bond donors (Lipinski definition) is 1. The first-order valence-corrected chi connectivity index (χ1v) is 3.11. The number of carbonyl (C=O) groups is 1. The van der Waals surface area contributed by atoms with Crippen LogP contribution in [0.2, 0.25) is 0 Å². The molecule has 0 aromatic heterocycles. The Hall–Kier alpha value is -0.600. The summed E-state index contributed by atoms with van der Waals surface area (Å²) < 4.78 is 12.6. The molecular weight excluding hydrogens is 121 g/mol. The minimum absolute atomic E-state index is 0.0185. The van der Waals surface area contributed by atoms with Gasteiger partial charge < -0.3 is 5.32 Å². The van der Waals surface area contributed by atoms with Crippen molar-refractivity contribution >= 4 is 5.91 Å². The van der Waals surface area contributed by atoms with E-state index in [9.17, 15) is 9.18 Å². The molecule has 1 N–H and O–H groups in total. The topological polar surface area (TPSA) is 29.1 Å². The molecule has 0 aromatic rings. The fraction of sp³-hybridized carbons (Fsp3) is 0.833. The second kappa shape index (κ2) is 2.33. The highest BCUT2D eigenvalue weighted by atomic mass is 19.1. The molecule has 0 aromatic carbocycles.